The molecular formula is C15H15NO. The normalized spacial score (nSPS) is 10.9. The Kier molecular flexibility index (Phi) is 4.05. The molecule has 0 saturated carbocycles. The van der Waals surface area contributed by atoms with E-state index in [4.69, 9.17) is 4.74 Å². The molecule has 0 radical (unpaired) electrons. The molecule has 2 heteroatoms. The van der Waals surface area contributed by atoms with Crippen molar-refractivity contribution in [2.24, 2.45) is 4.99 Å². The predicted molar refractivity (Wildman–Crippen MR) is 70.9 cm³/mol. The molecular weight excluding hydrogens is 210 g/mol. The number of ether oxygens (including phenoxy) is 1. The van der Waals surface area contributed by atoms with E-state index in [0.29, 0.717) is 6.61 Å². The highest BCUT2D eigenvalue weighted by Gasteiger charge is 1.92. The second kappa shape index (κ2) is 5.97. The Morgan fingerprint density at radius 3 is 2.35 bits per heavy atom. The van der Waals surface area contributed by atoms with Gasteiger partial charge in [-0.2, -0.15) is 0 Å². The number of hydrogen-bond acceptors (Lipinski definition) is 2. The first-order valence-electron chi connectivity index (χ1n) is 5.55. The minimum absolute atomic E-state index is 0.649. The standard InChI is InChI=1S/C15H15NO/c1-17-12-14-9-7-13(8-10-14)11-16-15-5-3-2-4-6-15/h2-11H,12H2,1H3. The molecule has 0 heterocycles. The Morgan fingerprint density at radius 2 is 1.71 bits per heavy atom. The molecule has 86 valence electrons. The largest absolute Gasteiger partial charge is 0.380 e. The van der Waals surface area contributed by atoms with Crippen molar-refractivity contribution in [1.29, 1.82) is 0 Å². The molecule has 0 unspecified atom stereocenters. The Morgan fingerprint density at radius 1 is 1.00 bits per heavy atom. The van der Waals surface area contributed by atoms with E-state index in [0.717, 1.165) is 11.3 Å². The van der Waals surface area contributed by atoms with E-state index in [-0.39, 0.29) is 0 Å². The van der Waals surface area contributed by atoms with Crippen LogP contribution in [-0.4, -0.2) is 13.3 Å². The lowest BCUT2D eigenvalue weighted by molar-refractivity contribution is 0.185. The zero-order chi connectivity index (χ0) is 11.9. The summed E-state index contributed by atoms with van der Waals surface area (Å²) in [5, 5.41) is 0. The topological polar surface area (TPSA) is 21.6 Å². The summed E-state index contributed by atoms with van der Waals surface area (Å²) in [7, 11) is 1.70. The molecule has 0 N–H and O–H groups in total. The van der Waals surface area contributed by atoms with Crippen molar-refractivity contribution >= 4 is 11.9 Å². The van der Waals surface area contributed by atoms with E-state index >= 15 is 0 Å². The number of hydrogen-bond donors (Lipinski definition) is 0. The Bertz CT molecular complexity index is 474. The van der Waals surface area contributed by atoms with Crippen LogP contribution in [0.2, 0.25) is 0 Å². The first-order valence-corrected chi connectivity index (χ1v) is 5.55. The van der Waals surface area contributed by atoms with Crippen LogP contribution in [0.15, 0.2) is 59.6 Å². The second-order valence-corrected chi connectivity index (χ2v) is 3.77. The van der Waals surface area contributed by atoms with E-state index in [2.05, 4.69) is 17.1 Å². The summed E-state index contributed by atoms with van der Waals surface area (Å²) in [5.41, 5.74) is 3.23. The monoisotopic (exact) mass is 225 g/mol. The van der Waals surface area contributed by atoms with Crippen molar-refractivity contribution in [3.05, 3.63) is 65.7 Å². The van der Waals surface area contributed by atoms with Gasteiger partial charge in [0.2, 0.25) is 0 Å². The third kappa shape index (κ3) is 3.54. The molecule has 2 aromatic carbocycles. The molecule has 0 aliphatic carbocycles. The number of para-hydroxylation sites is 1. The SMILES string of the molecule is COCc1ccc(C=Nc2ccccc2)cc1. The molecule has 0 amide bonds. The summed E-state index contributed by atoms with van der Waals surface area (Å²) >= 11 is 0. The van der Waals surface area contributed by atoms with Crippen LogP contribution in [0.5, 0.6) is 0 Å². The Labute approximate surface area is 102 Å². The maximum atomic E-state index is 5.06. The van der Waals surface area contributed by atoms with Gasteiger partial charge < -0.3 is 4.74 Å². The molecule has 0 fully saturated rings. The average molecular weight is 225 g/mol. The van der Waals surface area contributed by atoms with Crippen molar-refractivity contribution < 1.29 is 4.74 Å². The summed E-state index contributed by atoms with van der Waals surface area (Å²) in [5.74, 6) is 0. The lowest BCUT2D eigenvalue weighted by Crippen LogP contribution is -1.88. The van der Waals surface area contributed by atoms with Gasteiger partial charge in [0.25, 0.3) is 0 Å². The molecule has 0 saturated heterocycles. The van der Waals surface area contributed by atoms with Gasteiger partial charge in [0.15, 0.2) is 0 Å². The van der Waals surface area contributed by atoms with Crippen molar-refractivity contribution in [3.8, 4) is 0 Å². The highest BCUT2D eigenvalue weighted by molar-refractivity contribution is 5.81. The van der Waals surface area contributed by atoms with E-state index in [1.54, 1.807) is 7.11 Å². The van der Waals surface area contributed by atoms with Gasteiger partial charge in [0.05, 0.1) is 12.3 Å². The third-order valence-corrected chi connectivity index (χ3v) is 2.41. The fraction of sp³-hybridized carbons (Fsp3) is 0.133. The van der Waals surface area contributed by atoms with Crippen LogP contribution in [0.1, 0.15) is 11.1 Å². The molecule has 0 aromatic heterocycles. The molecule has 17 heavy (non-hydrogen) atoms. The molecule has 0 atom stereocenters. The number of methoxy groups -OCH3 is 1. The van der Waals surface area contributed by atoms with Crippen molar-refractivity contribution in [2.45, 2.75) is 6.61 Å². The zero-order valence-corrected chi connectivity index (χ0v) is 9.84. The van der Waals surface area contributed by atoms with Crippen LogP contribution in [0.3, 0.4) is 0 Å². The van der Waals surface area contributed by atoms with Crippen LogP contribution < -0.4 is 0 Å². The van der Waals surface area contributed by atoms with Crippen molar-refractivity contribution in [2.75, 3.05) is 7.11 Å². The fourth-order valence-corrected chi connectivity index (χ4v) is 1.53. The number of aliphatic imine (C=N–C) groups is 1. The van der Waals surface area contributed by atoms with Gasteiger partial charge in [-0.1, -0.05) is 42.5 Å². The zero-order valence-electron chi connectivity index (χ0n) is 9.84. The summed E-state index contributed by atoms with van der Waals surface area (Å²) in [6, 6.07) is 18.1. The summed E-state index contributed by atoms with van der Waals surface area (Å²) in [4.78, 5) is 4.40. The van der Waals surface area contributed by atoms with Crippen LogP contribution in [-0.2, 0) is 11.3 Å². The molecule has 2 nitrogen and oxygen atoms in total. The quantitative estimate of drug-likeness (QED) is 0.729. The molecule has 2 rings (SSSR count). The average Bonchev–Trinajstić information content (AvgIpc) is 2.40. The molecule has 2 aromatic rings. The minimum Gasteiger partial charge on any atom is -0.380 e. The molecule has 0 aliphatic rings. The van der Waals surface area contributed by atoms with Crippen LogP contribution >= 0.6 is 0 Å². The van der Waals surface area contributed by atoms with Crippen molar-refractivity contribution in [1.82, 2.24) is 0 Å². The molecule has 0 bridgehead atoms. The Hall–Kier alpha value is -1.93. The fourth-order valence-electron chi connectivity index (χ4n) is 1.53. The van der Waals surface area contributed by atoms with Crippen LogP contribution in [0.25, 0.3) is 0 Å². The number of benzene rings is 2. The molecule has 0 aliphatic heterocycles. The van der Waals surface area contributed by atoms with Crippen LogP contribution in [0, 0.1) is 0 Å². The van der Waals surface area contributed by atoms with E-state index in [9.17, 15) is 0 Å². The summed E-state index contributed by atoms with van der Waals surface area (Å²) in [6.07, 6.45) is 1.87. The first kappa shape index (κ1) is 11.6. The smallest absolute Gasteiger partial charge is 0.0713 e. The lowest BCUT2D eigenvalue weighted by atomic mass is 10.1. The second-order valence-electron chi connectivity index (χ2n) is 3.77. The van der Waals surface area contributed by atoms with Gasteiger partial charge in [0, 0.05) is 13.3 Å². The predicted octanol–water partition coefficient (Wildman–Crippen LogP) is 3.58. The van der Waals surface area contributed by atoms with Crippen molar-refractivity contribution in [3.63, 3.8) is 0 Å². The van der Waals surface area contributed by atoms with E-state index in [1.807, 2.05) is 48.7 Å². The lowest BCUT2D eigenvalue weighted by Gasteiger charge is -1.99. The van der Waals surface area contributed by atoms with Gasteiger partial charge in [0.1, 0.15) is 0 Å². The van der Waals surface area contributed by atoms with E-state index < -0.39 is 0 Å². The third-order valence-electron chi connectivity index (χ3n) is 2.41. The highest BCUT2D eigenvalue weighted by Crippen LogP contribution is 2.10. The van der Waals surface area contributed by atoms with Gasteiger partial charge in [-0.3, -0.25) is 4.99 Å². The highest BCUT2D eigenvalue weighted by atomic mass is 16.5. The number of nitrogens with zero attached hydrogens (tertiary/aromatic N) is 1. The summed E-state index contributed by atoms with van der Waals surface area (Å²) < 4.78 is 5.06. The molecule has 0 spiro atoms. The number of rotatable bonds is 4. The van der Waals surface area contributed by atoms with E-state index in [1.165, 1.54) is 5.56 Å². The van der Waals surface area contributed by atoms with Gasteiger partial charge in [-0.15, -0.1) is 0 Å². The Balaban J connectivity index is 2.06. The summed E-state index contributed by atoms with van der Waals surface area (Å²) in [6.45, 7) is 0.649. The maximum Gasteiger partial charge on any atom is 0.0713 e. The maximum absolute atomic E-state index is 5.06. The minimum atomic E-state index is 0.649. The van der Waals surface area contributed by atoms with Crippen LogP contribution in [0.4, 0.5) is 5.69 Å². The first-order chi connectivity index (χ1) is 8.38. The van der Waals surface area contributed by atoms with Gasteiger partial charge >= 0.3 is 0 Å². The van der Waals surface area contributed by atoms with Gasteiger partial charge in [-0.05, 0) is 23.3 Å². The van der Waals surface area contributed by atoms with Gasteiger partial charge in [-0.25, -0.2) is 0 Å².